The molecule has 3 N–H and O–H groups in total. The molecule has 2 atom stereocenters. The van der Waals surface area contributed by atoms with Gasteiger partial charge in [0.1, 0.15) is 12.1 Å². The Morgan fingerprint density at radius 1 is 1.27 bits per heavy atom. The van der Waals surface area contributed by atoms with Crippen molar-refractivity contribution in [1.29, 1.82) is 0 Å². The lowest BCUT2D eigenvalue weighted by molar-refractivity contribution is -0.137. The molecule has 8 heteroatoms. The van der Waals surface area contributed by atoms with Gasteiger partial charge in [0, 0.05) is 26.7 Å². The van der Waals surface area contributed by atoms with Crippen molar-refractivity contribution in [3.8, 4) is 0 Å². The zero-order valence-corrected chi connectivity index (χ0v) is 16.3. The van der Waals surface area contributed by atoms with E-state index in [-0.39, 0.29) is 23.8 Å². The SMILES string of the molecule is COCCNCCNC(=O)CN1C(=O)NC2(CC(C)CC(C)(C)C2)C1=O. The minimum absolute atomic E-state index is 0.0211. The number of rotatable bonds is 8. The first kappa shape index (κ1) is 20.6. The van der Waals surface area contributed by atoms with Crippen LogP contribution in [-0.2, 0) is 14.3 Å². The topological polar surface area (TPSA) is 99.8 Å². The molecule has 0 aromatic heterocycles. The van der Waals surface area contributed by atoms with Gasteiger partial charge in [-0.25, -0.2) is 4.79 Å². The molecule has 0 bridgehead atoms. The van der Waals surface area contributed by atoms with Crippen LogP contribution in [0.5, 0.6) is 0 Å². The molecule has 0 aromatic rings. The van der Waals surface area contributed by atoms with Crippen molar-refractivity contribution >= 4 is 17.8 Å². The van der Waals surface area contributed by atoms with E-state index in [0.29, 0.717) is 45.0 Å². The normalized spacial score (nSPS) is 27.7. The van der Waals surface area contributed by atoms with E-state index in [2.05, 4.69) is 36.7 Å². The molecule has 1 spiro atoms. The molecule has 148 valence electrons. The van der Waals surface area contributed by atoms with Gasteiger partial charge in [0.2, 0.25) is 5.91 Å². The van der Waals surface area contributed by atoms with E-state index in [1.165, 1.54) is 0 Å². The average Bonchev–Trinajstić information content (AvgIpc) is 2.72. The van der Waals surface area contributed by atoms with E-state index in [0.717, 1.165) is 11.3 Å². The molecule has 1 aliphatic heterocycles. The highest BCUT2D eigenvalue weighted by atomic mass is 16.5. The number of methoxy groups -OCH3 is 1. The van der Waals surface area contributed by atoms with E-state index in [1.54, 1.807) is 7.11 Å². The molecule has 2 rings (SSSR count). The predicted octanol–water partition coefficient (Wildman–Crippen LogP) is 0.475. The molecular weight excluding hydrogens is 336 g/mol. The Balaban J connectivity index is 1.88. The number of imide groups is 1. The molecule has 26 heavy (non-hydrogen) atoms. The number of urea groups is 1. The Bertz CT molecular complexity index is 551. The number of amides is 4. The average molecular weight is 368 g/mol. The molecule has 0 radical (unpaired) electrons. The Morgan fingerprint density at radius 2 is 2.00 bits per heavy atom. The van der Waals surface area contributed by atoms with Crippen LogP contribution in [0.25, 0.3) is 0 Å². The van der Waals surface area contributed by atoms with E-state index in [4.69, 9.17) is 4.74 Å². The minimum atomic E-state index is -0.861. The van der Waals surface area contributed by atoms with Crippen LogP contribution in [0.2, 0.25) is 0 Å². The number of nitrogens with one attached hydrogen (secondary N) is 3. The zero-order valence-electron chi connectivity index (χ0n) is 16.3. The van der Waals surface area contributed by atoms with E-state index >= 15 is 0 Å². The highest BCUT2D eigenvalue weighted by molar-refractivity contribution is 6.09. The van der Waals surface area contributed by atoms with Gasteiger partial charge in [-0.1, -0.05) is 20.8 Å². The summed E-state index contributed by atoms with van der Waals surface area (Å²) >= 11 is 0. The van der Waals surface area contributed by atoms with Crippen LogP contribution < -0.4 is 16.0 Å². The molecule has 1 saturated heterocycles. The Hall–Kier alpha value is -1.67. The van der Waals surface area contributed by atoms with Gasteiger partial charge in [0.25, 0.3) is 5.91 Å². The van der Waals surface area contributed by atoms with Crippen molar-refractivity contribution in [2.45, 2.75) is 45.6 Å². The second-order valence-electron chi connectivity index (χ2n) is 8.35. The minimum Gasteiger partial charge on any atom is -0.383 e. The maximum Gasteiger partial charge on any atom is 0.325 e. The van der Waals surface area contributed by atoms with Crippen LogP contribution >= 0.6 is 0 Å². The maximum absolute atomic E-state index is 12.9. The van der Waals surface area contributed by atoms with Crippen LogP contribution in [-0.4, -0.2) is 68.2 Å². The molecule has 0 aromatic carbocycles. The van der Waals surface area contributed by atoms with Gasteiger partial charge in [0.15, 0.2) is 0 Å². The molecule has 8 nitrogen and oxygen atoms in total. The first-order chi connectivity index (χ1) is 12.2. The van der Waals surface area contributed by atoms with Gasteiger partial charge in [-0.05, 0) is 30.6 Å². The molecule has 4 amide bonds. The number of nitrogens with zero attached hydrogens (tertiary/aromatic N) is 1. The smallest absolute Gasteiger partial charge is 0.325 e. The Morgan fingerprint density at radius 3 is 2.65 bits per heavy atom. The van der Waals surface area contributed by atoms with Crippen LogP contribution in [0.1, 0.15) is 40.0 Å². The van der Waals surface area contributed by atoms with Gasteiger partial charge in [-0.2, -0.15) is 0 Å². The summed E-state index contributed by atoms with van der Waals surface area (Å²) in [5.74, 6) is -0.257. The van der Waals surface area contributed by atoms with E-state index in [9.17, 15) is 14.4 Å². The summed E-state index contributed by atoms with van der Waals surface area (Å²) < 4.78 is 4.92. The van der Waals surface area contributed by atoms with Crippen molar-refractivity contribution in [3.63, 3.8) is 0 Å². The molecule has 1 saturated carbocycles. The molecular formula is C18H32N4O4. The van der Waals surface area contributed by atoms with Gasteiger partial charge in [-0.3, -0.25) is 14.5 Å². The monoisotopic (exact) mass is 368 g/mol. The summed E-state index contributed by atoms with van der Waals surface area (Å²) in [4.78, 5) is 38.5. The number of carbonyl (C=O) groups excluding carboxylic acids is 3. The van der Waals surface area contributed by atoms with Crippen molar-refractivity contribution in [3.05, 3.63) is 0 Å². The highest BCUT2D eigenvalue weighted by Gasteiger charge is 2.56. The lowest BCUT2D eigenvalue weighted by Crippen LogP contribution is -2.54. The Labute approximate surface area is 155 Å². The van der Waals surface area contributed by atoms with Crippen molar-refractivity contribution in [2.75, 3.05) is 39.9 Å². The number of hydrogen-bond donors (Lipinski definition) is 3. The lowest BCUT2D eigenvalue weighted by Gasteiger charge is -2.43. The number of carbonyl (C=O) groups is 3. The summed E-state index contributed by atoms with van der Waals surface area (Å²) in [5.41, 5.74) is -0.882. The first-order valence-electron chi connectivity index (χ1n) is 9.30. The fourth-order valence-corrected chi connectivity index (χ4v) is 4.44. The van der Waals surface area contributed by atoms with Gasteiger partial charge >= 0.3 is 6.03 Å². The molecule has 2 fully saturated rings. The third-order valence-electron chi connectivity index (χ3n) is 5.03. The molecule has 1 heterocycles. The van der Waals surface area contributed by atoms with E-state index < -0.39 is 11.6 Å². The third-order valence-corrected chi connectivity index (χ3v) is 5.03. The van der Waals surface area contributed by atoms with E-state index in [1.807, 2.05) is 0 Å². The summed E-state index contributed by atoms with van der Waals surface area (Å²) in [6.07, 6.45) is 2.26. The summed E-state index contributed by atoms with van der Waals surface area (Å²) in [6, 6.07) is -0.465. The van der Waals surface area contributed by atoms with Gasteiger partial charge in [0.05, 0.1) is 6.61 Å². The zero-order chi connectivity index (χ0) is 19.4. The second kappa shape index (κ2) is 8.35. The largest absolute Gasteiger partial charge is 0.383 e. The number of hydrogen-bond acceptors (Lipinski definition) is 5. The number of ether oxygens (including phenoxy) is 1. The van der Waals surface area contributed by atoms with Crippen molar-refractivity contribution in [1.82, 2.24) is 20.9 Å². The van der Waals surface area contributed by atoms with Crippen LogP contribution in [0.15, 0.2) is 0 Å². The van der Waals surface area contributed by atoms with Crippen molar-refractivity contribution in [2.24, 2.45) is 11.3 Å². The summed E-state index contributed by atoms with van der Waals surface area (Å²) in [6.45, 7) is 8.45. The molecule has 2 unspecified atom stereocenters. The molecule has 2 aliphatic rings. The maximum atomic E-state index is 12.9. The van der Waals surface area contributed by atoms with Gasteiger partial charge in [-0.15, -0.1) is 0 Å². The van der Waals surface area contributed by atoms with Crippen LogP contribution in [0.4, 0.5) is 4.79 Å². The quantitative estimate of drug-likeness (QED) is 0.427. The second-order valence-corrected chi connectivity index (χ2v) is 8.35. The Kier molecular flexibility index (Phi) is 6.63. The summed E-state index contributed by atoms with van der Waals surface area (Å²) in [7, 11) is 1.63. The fraction of sp³-hybridized carbons (Fsp3) is 0.833. The lowest BCUT2D eigenvalue weighted by atomic mass is 9.64. The first-order valence-corrected chi connectivity index (χ1v) is 9.30. The van der Waals surface area contributed by atoms with Crippen molar-refractivity contribution < 1.29 is 19.1 Å². The van der Waals surface area contributed by atoms with Crippen LogP contribution in [0, 0.1) is 11.3 Å². The predicted molar refractivity (Wildman–Crippen MR) is 97.5 cm³/mol. The third kappa shape index (κ3) is 4.94. The highest BCUT2D eigenvalue weighted by Crippen LogP contribution is 2.46. The van der Waals surface area contributed by atoms with Crippen LogP contribution in [0.3, 0.4) is 0 Å². The van der Waals surface area contributed by atoms with Gasteiger partial charge < -0.3 is 20.7 Å². The summed E-state index contributed by atoms with van der Waals surface area (Å²) in [5, 5.41) is 8.72. The fourth-order valence-electron chi connectivity index (χ4n) is 4.44. The standard InChI is InChI=1S/C18H32N4O4/c1-13-9-17(2,3)12-18(10-13)15(24)22(16(25)21-18)11-14(23)20-6-5-19-7-8-26-4/h13,19H,5-12H2,1-4H3,(H,20,23)(H,21,25). The molecule has 1 aliphatic carbocycles.